The van der Waals surface area contributed by atoms with Gasteiger partial charge in [-0.25, -0.2) is 0 Å². The van der Waals surface area contributed by atoms with Crippen molar-refractivity contribution in [3.8, 4) is 11.8 Å². The summed E-state index contributed by atoms with van der Waals surface area (Å²) in [6.45, 7) is 0.228. The number of carbonyl (C=O) groups is 1. The summed E-state index contributed by atoms with van der Waals surface area (Å²) >= 11 is 12.1. The lowest BCUT2D eigenvalue weighted by molar-refractivity contribution is -0.117. The highest BCUT2D eigenvalue weighted by Crippen LogP contribution is 2.27. The van der Waals surface area contributed by atoms with Crippen molar-refractivity contribution in [3.05, 3.63) is 69.8 Å². The van der Waals surface area contributed by atoms with E-state index in [4.69, 9.17) is 27.9 Å². The monoisotopic (exact) mass is 375 g/mol. The molecule has 0 atom stereocenters. The van der Waals surface area contributed by atoms with E-state index >= 15 is 0 Å². The number of nitriles is 1. The SMILES string of the molecule is COc1ccc(N/C=C(/C#N)C(=O)NCc2ccccc2Cl)cc1Cl. The summed E-state index contributed by atoms with van der Waals surface area (Å²) in [4.78, 5) is 12.1. The summed E-state index contributed by atoms with van der Waals surface area (Å²) in [5, 5.41) is 15.7. The molecule has 0 unspecified atom stereocenters. The van der Waals surface area contributed by atoms with Crippen LogP contribution < -0.4 is 15.4 Å². The summed E-state index contributed by atoms with van der Waals surface area (Å²) in [5.74, 6) is 0.0312. The molecule has 128 valence electrons. The van der Waals surface area contributed by atoms with Gasteiger partial charge in [0.25, 0.3) is 5.91 Å². The molecule has 0 spiro atoms. The standard InChI is InChI=1S/C18H15Cl2N3O2/c1-25-17-7-6-14(8-16(17)20)22-11-13(9-21)18(24)23-10-12-4-2-3-5-15(12)19/h2-8,11,22H,10H2,1H3,(H,23,24)/b13-11-. The average molecular weight is 376 g/mol. The predicted molar refractivity (Wildman–Crippen MR) is 98.6 cm³/mol. The van der Waals surface area contributed by atoms with E-state index in [0.717, 1.165) is 5.56 Å². The first-order chi connectivity index (χ1) is 12.0. The molecule has 2 aromatic carbocycles. The van der Waals surface area contributed by atoms with Crippen LogP contribution in [0.4, 0.5) is 5.69 Å². The van der Waals surface area contributed by atoms with Crippen molar-refractivity contribution < 1.29 is 9.53 Å². The van der Waals surface area contributed by atoms with Gasteiger partial charge in [0.15, 0.2) is 0 Å². The van der Waals surface area contributed by atoms with Crippen molar-refractivity contribution in [3.63, 3.8) is 0 Å². The molecule has 2 N–H and O–H groups in total. The molecule has 0 radical (unpaired) electrons. The molecular weight excluding hydrogens is 361 g/mol. The summed E-state index contributed by atoms with van der Waals surface area (Å²) in [6, 6.07) is 14.1. The molecule has 0 aromatic heterocycles. The number of rotatable bonds is 6. The van der Waals surface area contributed by atoms with Crippen LogP contribution in [0.2, 0.25) is 10.0 Å². The summed E-state index contributed by atoms with van der Waals surface area (Å²) in [5.41, 5.74) is 1.32. The highest BCUT2D eigenvalue weighted by atomic mass is 35.5. The first kappa shape index (κ1) is 18.7. The van der Waals surface area contributed by atoms with Crippen LogP contribution in [0.1, 0.15) is 5.56 Å². The highest BCUT2D eigenvalue weighted by Gasteiger charge is 2.10. The summed E-state index contributed by atoms with van der Waals surface area (Å²) < 4.78 is 5.07. The fraction of sp³-hybridized carbons (Fsp3) is 0.111. The molecule has 2 rings (SSSR count). The number of carbonyl (C=O) groups excluding carboxylic acids is 1. The second-order valence-corrected chi connectivity index (χ2v) is 5.75. The lowest BCUT2D eigenvalue weighted by atomic mass is 10.2. The molecule has 0 heterocycles. The Morgan fingerprint density at radius 3 is 2.64 bits per heavy atom. The first-order valence-electron chi connectivity index (χ1n) is 7.27. The van der Waals surface area contributed by atoms with E-state index in [0.29, 0.717) is 21.5 Å². The van der Waals surface area contributed by atoms with Crippen LogP contribution in [0.15, 0.2) is 54.2 Å². The maximum absolute atomic E-state index is 12.1. The van der Waals surface area contributed by atoms with Gasteiger partial charge in [-0.1, -0.05) is 41.4 Å². The van der Waals surface area contributed by atoms with Crippen LogP contribution in [0, 0.1) is 11.3 Å². The number of hydrogen-bond acceptors (Lipinski definition) is 4. The Bertz CT molecular complexity index is 844. The Labute approximate surface area is 155 Å². The van der Waals surface area contributed by atoms with Gasteiger partial charge in [0, 0.05) is 23.5 Å². The Kier molecular flexibility index (Phi) is 6.70. The number of ether oxygens (including phenoxy) is 1. The number of methoxy groups -OCH3 is 1. The largest absolute Gasteiger partial charge is 0.495 e. The minimum atomic E-state index is -0.505. The highest BCUT2D eigenvalue weighted by molar-refractivity contribution is 6.32. The van der Waals surface area contributed by atoms with Crippen LogP contribution in [-0.2, 0) is 11.3 Å². The molecule has 0 aliphatic carbocycles. The fourth-order valence-electron chi connectivity index (χ4n) is 1.97. The van der Waals surface area contributed by atoms with E-state index in [1.807, 2.05) is 12.1 Å². The lowest BCUT2D eigenvalue weighted by Gasteiger charge is -2.08. The Balaban J connectivity index is 2.02. The van der Waals surface area contributed by atoms with Gasteiger partial charge in [0.2, 0.25) is 0 Å². The molecule has 0 saturated carbocycles. The third kappa shape index (κ3) is 5.15. The van der Waals surface area contributed by atoms with Crippen molar-refractivity contribution in [1.82, 2.24) is 5.32 Å². The molecule has 1 amide bonds. The average Bonchev–Trinajstić information content (AvgIpc) is 2.61. The number of anilines is 1. The minimum absolute atomic E-state index is 0.0704. The Hall–Kier alpha value is -2.68. The second kappa shape index (κ2) is 8.97. The normalized spacial score (nSPS) is 10.7. The van der Waals surface area contributed by atoms with Gasteiger partial charge >= 0.3 is 0 Å². The maximum atomic E-state index is 12.1. The minimum Gasteiger partial charge on any atom is -0.495 e. The molecule has 0 aliphatic heterocycles. The fourth-order valence-corrected chi connectivity index (χ4v) is 2.43. The zero-order valence-electron chi connectivity index (χ0n) is 13.3. The number of nitrogens with zero attached hydrogens (tertiary/aromatic N) is 1. The third-order valence-electron chi connectivity index (χ3n) is 3.30. The molecular formula is C18H15Cl2N3O2. The van der Waals surface area contributed by atoms with E-state index in [2.05, 4.69) is 10.6 Å². The van der Waals surface area contributed by atoms with Gasteiger partial charge in [-0.2, -0.15) is 5.26 Å². The zero-order chi connectivity index (χ0) is 18.2. The van der Waals surface area contributed by atoms with E-state index in [1.165, 1.54) is 13.3 Å². The van der Waals surface area contributed by atoms with Gasteiger partial charge in [-0.05, 0) is 29.8 Å². The van der Waals surface area contributed by atoms with Gasteiger partial charge in [0.05, 0.1) is 12.1 Å². The summed E-state index contributed by atoms with van der Waals surface area (Å²) in [7, 11) is 1.52. The van der Waals surface area contributed by atoms with Gasteiger partial charge < -0.3 is 15.4 Å². The molecule has 0 aliphatic rings. The maximum Gasteiger partial charge on any atom is 0.263 e. The zero-order valence-corrected chi connectivity index (χ0v) is 14.9. The van der Waals surface area contributed by atoms with Crippen molar-refractivity contribution >= 4 is 34.8 Å². The van der Waals surface area contributed by atoms with Crippen LogP contribution in [0.3, 0.4) is 0 Å². The topological polar surface area (TPSA) is 74.1 Å². The van der Waals surface area contributed by atoms with Crippen LogP contribution in [0.25, 0.3) is 0 Å². The molecule has 0 fully saturated rings. The van der Waals surface area contributed by atoms with E-state index in [-0.39, 0.29) is 12.1 Å². The van der Waals surface area contributed by atoms with Gasteiger partial charge in [0.1, 0.15) is 17.4 Å². The molecule has 2 aromatic rings. The molecule has 0 saturated heterocycles. The van der Waals surface area contributed by atoms with Crippen LogP contribution in [-0.4, -0.2) is 13.0 Å². The lowest BCUT2D eigenvalue weighted by Crippen LogP contribution is -2.24. The Morgan fingerprint density at radius 2 is 2.00 bits per heavy atom. The quantitative estimate of drug-likeness (QED) is 0.587. The third-order valence-corrected chi connectivity index (χ3v) is 3.96. The van der Waals surface area contributed by atoms with E-state index in [9.17, 15) is 10.1 Å². The summed E-state index contributed by atoms with van der Waals surface area (Å²) in [6.07, 6.45) is 1.32. The van der Waals surface area contributed by atoms with Gasteiger partial charge in [-0.3, -0.25) is 4.79 Å². The molecule has 0 bridgehead atoms. The van der Waals surface area contributed by atoms with E-state index in [1.54, 1.807) is 36.4 Å². The smallest absolute Gasteiger partial charge is 0.263 e. The van der Waals surface area contributed by atoms with Crippen molar-refractivity contribution in [2.24, 2.45) is 0 Å². The first-order valence-corrected chi connectivity index (χ1v) is 8.02. The molecule has 25 heavy (non-hydrogen) atoms. The number of halogens is 2. The van der Waals surface area contributed by atoms with Crippen LogP contribution in [0.5, 0.6) is 5.75 Å². The number of nitrogens with one attached hydrogen (secondary N) is 2. The number of amides is 1. The van der Waals surface area contributed by atoms with Crippen LogP contribution >= 0.6 is 23.2 Å². The van der Waals surface area contributed by atoms with Gasteiger partial charge in [-0.15, -0.1) is 0 Å². The van der Waals surface area contributed by atoms with Crippen molar-refractivity contribution in [1.29, 1.82) is 5.26 Å². The van der Waals surface area contributed by atoms with Crippen molar-refractivity contribution in [2.75, 3.05) is 12.4 Å². The number of benzene rings is 2. The number of hydrogen-bond donors (Lipinski definition) is 2. The Morgan fingerprint density at radius 1 is 1.24 bits per heavy atom. The predicted octanol–water partition coefficient (Wildman–Crippen LogP) is 4.14. The second-order valence-electron chi connectivity index (χ2n) is 4.94. The van der Waals surface area contributed by atoms with E-state index < -0.39 is 5.91 Å². The molecule has 5 nitrogen and oxygen atoms in total. The van der Waals surface area contributed by atoms with Crippen molar-refractivity contribution in [2.45, 2.75) is 6.54 Å². The molecule has 7 heteroatoms.